The number of nitrogens with zero attached hydrogens (tertiary/aromatic N) is 3. The van der Waals surface area contributed by atoms with Crippen molar-refractivity contribution >= 4 is 17.3 Å². The molecule has 1 aromatic heterocycles. The minimum absolute atomic E-state index is 0.244. The first-order valence-corrected chi connectivity index (χ1v) is 6.51. The summed E-state index contributed by atoms with van der Waals surface area (Å²) in [5, 5.41) is 3.21. The van der Waals surface area contributed by atoms with Crippen molar-refractivity contribution in [2.24, 2.45) is 10.7 Å². The lowest BCUT2D eigenvalue weighted by molar-refractivity contribution is 0.268. The molecule has 16 heavy (non-hydrogen) atoms. The lowest BCUT2D eigenvalue weighted by atomic mass is 10.2. The van der Waals surface area contributed by atoms with Crippen LogP contribution in [0, 0.1) is 6.92 Å². The predicted octanol–water partition coefficient (Wildman–Crippen LogP) is 1.92. The number of nitrogens with two attached hydrogens (primary N) is 1. The van der Waals surface area contributed by atoms with Gasteiger partial charge in [0.2, 0.25) is 0 Å². The van der Waals surface area contributed by atoms with Gasteiger partial charge in [-0.2, -0.15) is 0 Å². The number of guanidine groups is 1. The molecule has 0 saturated heterocycles. The zero-order valence-corrected chi connectivity index (χ0v) is 10.8. The summed E-state index contributed by atoms with van der Waals surface area (Å²) in [7, 11) is 0. The summed E-state index contributed by atoms with van der Waals surface area (Å²) >= 11 is 1.70. The summed E-state index contributed by atoms with van der Waals surface area (Å²) in [6, 6.07) is 0.661. The molecular weight excluding hydrogens is 220 g/mol. The molecule has 0 amide bonds. The maximum atomic E-state index is 5.94. The van der Waals surface area contributed by atoms with E-state index in [1.165, 1.54) is 0 Å². The summed E-state index contributed by atoms with van der Waals surface area (Å²) in [4.78, 5) is 11.1. The monoisotopic (exact) mass is 238 g/mol. The molecule has 1 aromatic rings. The first-order valence-electron chi connectivity index (χ1n) is 5.63. The van der Waals surface area contributed by atoms with Crippen LogP contribution >= 0.6 is 11.3 Å². The van der Waals surface area contributed by atoms with Gasteiger partial charge < -0.3 is 10.6 Å². The fraction of sp³-hybridized carbons (Fsp3) is 0.636. The van der Waals surface area contributed by atoms with Crippen LogP contribution in [-0.2, 0) is 0 Å². The molecule has 2 N–H and O–H groups in total. The zero-order valence-electron chi connectivity index (χ0n) is 9.97. The average Bonchev–Trinajstić information content (AvgIpc) is 2.83. The second kappa shape index (κ2) is 4.41. The van der Waals surface area contributed by atoms with E-state index in [1.807, 2.05) is 6.92 Å². The minimum atomic E-state index is 0.244. The van der Waals surface area contributed by atoms with Crippen LogP contribution in [0.4, 0.5) is 0 Å². The largest absolute Gasteiger partial charge is 0.370 e. The number of aryl methyl sites for hydroxylation is 1. The highest BCUT2D eigenvalue weighted by molar-refractivity contribution is 7.09. The number of aliphatic imine (C=N–C) groups is 1. The van der Waals surface area contributed by atoms with Crippen LogP contribution < -0.4 is 5.73 Å². The molecule has 88 valence electrons. The third kappa shape index (κ3) is 1.91. The Labute approximate surface area is 100 Å². The van der Waals surface area contributed by atoms with Crippen LogP contribution in [0.3, 0.4) is 0 Å². The van der Waals surface area contributed by atoms with Crippen molar-refractivity contribution in [3.63, 3.8) is 0 Å². The Hall–Kier alpha value is -1.10. The maximum Gasteiger partial charge on any atom is 0.192 e. The van der Waals surface area contributed by atoms with Crippen molar-refractivity contribution < 1.29 is 0 Å². The van der Waals surface area contributed by atoms with Gasteiger partial charge in [-0.05, 0) is 20.3 Å². The Bertz CT molecular complexity index is 398. The van der Waals surface area contributed by atoms with Crippen LogP contribution in [0.1, 0.15) is 37.0 Å². The van der Waals surface area contributed by atoms with Crippen molar-refractivity contribution in [1.29, 1.82) is 0 Å². The molecule has 2 unspecified atom stereocenters. The molecule has 1 aliphatic rings. The van der Waals surface area contributed by atoms with Gasteiger partial charge in [-0.25, -0.2) is 4.98 Å². The van der Waals surface area contributed by atoms with Gasteiger partial charge in [0.05, 0.1) is 6.54 Å². The standard InChI is InChI=1S/C11H18N4S/c1-4-8(3)15-9(5-13-11(15)12)10-14-7(2)6-16-10/h6,8-9H,4-5H2,1-3H3,(H2,12,13). The predicted molar refractivity (Wildman–Crippen MR) is 67.7 cm³/mol. The van der Waals surface area contributed by atoms with E-state index in [2.05, 4.69) is 34.1 Å². The molecule has 0 saturated carbocycles. The van der Waals surface area contributed by atoms with E-state index in [-0.39, 0.29) is 6.04 Å². The topological polar surface area (TPSA) is 54.5 Å². The number of hydrogen-bond donors (Lipinski definition) is 1. The Kier molecular flexibility index (Phi) is 3.14. The van der Waals surface area contributed by atoms with Crippen molar-refractivity contribution in [2.75, 3.05) is 6.54 Å². The van der Waals surface area contributed by atoms with E-state index >= 15 is 0 Å². The van der Waals surface area contributed by atoms with Gasteiger partial charge >= 0.3 is 0 Å². The lowest BCUT2D eigenvalue weighted by Gasteiger charge is -2.30. The Morgan fingerprint density at radius 2 is 2.44 bits per heavy atom. The van der Waals surface area contributed by atoms with Crippen LogP contribution in [0.5, 0.6) is 0 Å². The van der Waals surface area contributed by atoms with Gasteiger partial charge in [0.1, 0.15) is 11.0 Å². The third-order valence-electron chi connectivity index (χ3n) is 3.01. The van der Waals surface area contributed by atoms with Crippen LogP contribution in [0.25, 0.3) is 0 Å². The van der Waals surface area contributed by atoms with Gasteiger partial charge in [0, 0.05) is 17.1 Å². The van der Waals surface area contributed by atoms with Gasteiger partial charge in [-0.3, -0.25) is 4.99 Å². The number of hydrogen-bond acceptors (Lipinski definition) is 5. The van der Waals surface area contributed by atoms with E-state index in [1.54, 1.807) is 11.3 Å². The molecular formula is C11H18N4S. The van der Waals surface area contributed by atoms with Gasteiger partial charge in [-0.1, -0.05) is 6.92 Å². The van der Waals surface area contributed by atoms with Crippen molar-refractivity contribution in [2.45, 2.75) is 39.3 Å². The molecule has 2 rings (SSSR count). The van der Waals surface area contributed by atoms with Crippen LogP contribution in [-0.4, -0.2) is 28.4 Å². The van der Waals surface area contributed by atoms with Crippen LogP contribution in [0.2, 0.25) is 0 Å². The second-order valence-corrected chi connectivity index (χ2v) is 5.10. The number of thiazole rings is 1. The molecule has 0 aliphatic carbocycles. The van der Waals surface area contributed by atoms with E-state index in [4.69, 9.17) is 5.73 Å². The average molecular weight is 238 g/mol. The maximum absolute atomic E-state index is 5.94. The first kappa shape index (κ1) is 11.4. The fourth-order valence-corrected chi connectivity index (χ4v) is 2.85. The van der Waals surface area contributed by atoms with Crippen molar-refractivity contribution in [1.82, 2.24) is 9.88 Å². The molecule has 0 fully saturated rings. The Balaban J connectivity index is 2.23. The summed E-state index contributed by atoms with van der Waals surface area (Å²) in [5.74, 6) is 0.659. The van der Waals surface area contributed by atoms with Gasteiger partial charge in [-0.15, -0.1) is 11.3 Å². The highest BCUT2D eigenvalue weighted by atomic mass is 32.1. The van der Waals surface area contributed by atoms with Gasteiger partial charge in [0.25, 0.3) is 0 Å². The quantitative estimate of drug-likeness (QED) is 0.875. The Morgan fingerprint density at radius 3 is 3.00 bits per heavy atom. The Morgan fingerprint density at radius 1 is 1.69 bits per heavy atom. The lowest BCUT2D eigenvalue weighted by Crippen LogP contribution is -2.42. The highest BCUT2D eigenvalue weighted by Crippen LogP contribution is 2.30. The van der Waals surface area contributed by atoms with Gasteiger partial charge in [0.15, 0.2) is 5.96 Å². The molecule has 0 aromatic carbocycles. The molecule has 1 aliphatic heterocycles. The van der Waals surface area contributed by atoms with E-state index in [0.29, 0.717) is 12.0 Å². The van der Waals surface area contributed by atoms with Crippen molar-refractivity contribution in [3.05, 3.63) is 16.1 Å². The molecule has 5 heteroatoms. The summed E-state index contributed by atoms with van der Waals surface area (Å²) in [5.41, 5.74) is 7.02. The number of rotatable bonds is 3. The smallest absolute Gasteiger partial charge is 0.192 e. The molecule has 2 atom stereocenters. The summed E-state index contributed by atoms with van der Waals surface area (Å²) < 4.78 is 0. The third-order valence-corrected chi connectivity index (χ3v) is 4.08. The SMILES string of the molecule is CCC(C)N1C(N)=NCC1c1nc(C)cs1. The normalized spacial score (nSPS) is 22.3. The summed E-state index contributed by atoms with van der Waals surface area (Å²) in [6.45, 7) is 7.11. The van der Waals surface area contributed by atoms with Crippen molar-refractivity contribution in [3.8, 4) is 0 Å². The van der Waals surface area contributed by atoms with E-state index < -0.39 is 0 Å². The molecule has 2 heterocycles. The molecule has 0 spiro atoms. The summed E-state index contributed by atoms with van der Waals surface area (Å²) in [6.07, 6.45) is 1.07. The zero-order chi connectivity index (χ0) is 11.7. The molecule has 0 bridgehead atoms. The molecule has 0 radical (unpaired) electrons. The van der Waals surface area contributed by atoms with E-state index in [9.17, 15) is 0 Å². The van der Waals surface area contributed by atoms with E-state index in [0.717, 1.165) is 23.7 Å². The second-order valence-electron chi connectivity index (χ2n) is 4.21. The van der Waals surface area contributed by atoms with Crippen LogP contribution in [0.15, 0.2) is 10.4 Å². The number of aromatic nitrogens is 1. The minimum Gasteiger partial charge on any atom is -0.370 e. The first-order chi connectivity index (χ1) is 7.63. The fourth-order valence-electron chi connectivity index (χ4n) is 1.96. The molecule has 4 nitrogen and oxygen atoms in total. The highest BCUT2D eigenvalue weighted by Gasteiger charge is 2.32.